The van der Waals surface area contributed by atoms with Crippen molar-refractivity contribution in [1.29, 1.82) is 10.5 Å². The van der Waals surface area contributed by atoms with E-state index in [1.807, 2.05) is 146 Å². The fourth-order valence-electron chi connectivity index (χ4n) is 23.8. The van der Waals surface area contributed by atoms with E-state index in [0.717, 1.165) is 231 Å². The van der Waals surface area contributed by atoms with Crippen molar-refractivity contribution in [2.45, 2.75) is 57.8 Å². The summed E-state index contributed by atoms with van der Waals surface area (Å²) in [7, 11) is 0. The normalized spacial score (nSPS) is 13.5. The first-order chi connectivity index (χ1) is 71.0. The smallest absolute Gasteiger partial charge is 0.161 e. The van der Waals surface area contributed by atoms with E-state index in [1.54, 1.807) is 0 Å². The highest BCUT2D eigenvalue weighted by molar-refractivity contribution is 6.28. The van der Waals surface area contributed by atoms with Gasteiger partial charge in [-0.15, -0.1) is 0 Å². The lowest BCUT2D eigenvalue weighted by atomic mass is 9.81. The van der Waals surface area contributed by atoms with Gasteiger partial charge in [-0.25, -0.2) is 15.0 Å². The quantitative estimate of drug-likeness (QED) is 0.148. The van der Waals surface area contributed by atoms with Gasteiger partial charge in [-0.1, -0.05) is 284 Å². The van der Waals surface area contributed by atoms with Crippen molar-refractivity contribution >= 4 is 164 Å². The van der Waals surface area contributed by atoms with Crippen LogP contribution < -0.4 is 0 Å². The molecule has 12 nitrogen and oxygen atoms in total. The van der Waals surface area contributed by atoms with Crippen molar-refractivity contribution in [3.8, 4) is 124 Å². The number of nitrogens with zero attached hydrogens (tertiary/aromatic N) is 6. The highest BCUT2D eigenvalue weighted by atomic mass is 16.4. The fraction of sp³-hybridized carbons (Fsp3) is 0.0677. The average Bonchev–Trinajstić information content (AvgIpc) is 1.57. The predicted molar refractivity (Wildman–Crippen MR) is 587 cm³/mol. The van der Waals surface area contributed by atoms with E-state index in [9.17, 15) is 10.5 Å². The maximum Gasteiger partial charge on any atom is 0.161 e. The molecule has 0 saturated carbocycles. The Hall–Kier alpha value is -18.9. The van der Waals surface area contributed by atoms with Gasteiger partial charge in [0.2, 0.25) is 0 Å². The first-order valence-electron chi connectivity index (χ1n) is 49.1. The molecular formula is C133H82N6O6. The largest absolute Gasteiger partial charge is 0.455 e. The summed E-state index contributed by atoms with van der Waals surface area (Å²) >= 11 is 0. The molecule has 0 unspecified atom stereocenters. The summed E-state index contributed by atoms with van der Waals surface area (Å²) in [5.41, 5.74) is 43.1. The zero-order valence-corrected chi connectivity index (χ0v) is 79.6. The minimum absolute atomic E-state index is 0.135. The van der Waals surface area contributed by atoms with Gasteiger partial charge >= 0.3 is 0 Å². The Kier molecular flexibility index (Phi) is 17.8. The molecule has 10 heterocycles. The first kappa shape index (κ1) is 83.1. The van der Waals surface area contributed by atoms with Crippen LogP contribution in [0.5, 0.6) is 0 Å². The third-order valence-electron chi connectivity index (χ3n) is 31.2. The minimum atomic E-state index is -0.217. The standard InChI is InChI=1S/C47H30N2O2.2C43H26N2O2/c1-47(2)38-24-29(17-19-32(38)33-20-18-30(25-39(33)47)31-8-7-23-48-26-31)27-13-15-28(16-14-27)43-42-36-10-4-6-12-41(36)50-45(42)37-22-21-35-34-9-3-5-11-40(34)51-46(35)44(37)49-43;1-43(2)34-20-24(23-44)14-16-28(34)29-17-15-26(22-35(29)43)25-8-7-9-27(21-25)39-38-32-11-4-6-13-37(32)46-41(38)33-19-18-31-30-10-3-5-12-36(30)47-42(31)40(33)45-39;1-43(2)34-21-24(23-44)11-17-28(34)29-18-16-27(22-35(29)43)25-12-14-26(15-13-25)39-38-32-8-4-6-10-37(32)46-41(38)33-20-19-31-30-7-3-5-9-36(30)47-42(31)40(33)45-39/h3-26H,1-2H3;2*3-22H,1-2H3. The van der Waals surface area contributed by atoms with E-state index in [1.165, 1.54) is 77.9 Å². The Morgan fingerprint density at radius 2 is 0.469 bits per heavy atom. The lowest BCUT2D eigenvalue weighted by Crippen LogP contribution is -2.15. The van der Waals surface area contributed by atoms with Gasteiger partial charge in [0.25, 0.3) is 0 Å². The molecule has 145 heavy (non-hydrogen) atoms. The number of hydrogen-bond donors (Lipinski definition) is 0. The Morgan fingerprint density at radius 1 is 0.207 bits per heavy atom. The number of para-hydroxylation sites is 6. The summed E-state index contributed by atoms with van der Waals surface area (Å²) < 4.78 is 39.0. The van der Waals surface area contributed by atoms with E-state index in [2.05, 4.69) is 301 Å². The molecule has 0 atom stereocenters. The lowest BCUT2D eigenvalue weighted by molar-refractivity contribution is 0.660. The van der Waals surface area contributed by atoms with Crippen molar-refractivity contribution in [2.24, 2.45) is 0 Å². The van der Waals surface area contributed by atoms with Gasteiger partial charge in [-0.2, -0.15) is 10.5 Å². The molecule has 0 fully saturated rings. The summed E-state index contributed by atoms with van der Waals surface area (Å²) in [4.78, 5) is 20.5. The van der Waals surface area contributed by atoms with Gasteiger partial charge in [-0.05, 0) is 245 Å². The SMILES string of the molecule is CC1(C)c2cc(-c3ccc(-c4nc5c(ccc6c7ccccc7oc65)c5oc6ccccc6c45)cc3)ccc2-c2ccc(-c3cccnc3)cc21.CC1(C)c2cc(C#N)ccc2-c2ccc(-c3ccc(-c4nc5c(ccc6c7ccccc7oc65)c5oc6ccccc6c45)cc3)cc21.CC1(C)c2cc(C#N)ccc2-c2ccc(-c3cccc(-c4nc5c(ccc6c7ccccc7oc65)c5oc6ccccc6c45)c3)cc21. The molecule has 0 saturated heterocycles. The van der Waals surface area contributed by atoms with E-state index in [0.29, 0.717) is 11.1 Å². The molecule has 3 aliphatic carbocycles. The summed E-state index contributed by atoms with van der Waals surface area (Å²) in [5.74, 6) is 0. The summed E-state index contributed by atoms with van der Waals surface area (Å²) in [6.07, 6.45) is 3.76. The van der Waals surface area contributed by atoms with Crippen LogP contribution in [0.3, 0.4) is 0 Å². The van der Waals surface area contributed by atoms with Crippen LogP contribution in [0.15, 0.2) is 415 Å². The molecule has 28 aromatic rings. The Balaban J connectivity index is 0.000000103. The maximum atomic E-state index is 9.56. The number of fused-ring (bicyclic) bond motifs is 36. The van der Waals surface area contributed by atoms with Gasteiger partial charge in [0.1, 0.15) is 66.8 Å². The highest BCUT2D eigenvalue weighted by Crippen LogP contribution is 2.57. The topological polar surface area (TPSA) is 178 Å². The molecule has 10 aromatic heterocycles. The van der Waals surface area contributed by atoms with Crippen LogP contribution in [-0.4, -0.2) is 19.9 Å². The fourth-order valence-corrected chi connectivity index (χ4v) is 23.8. The highest BCUT2D eigenvalue weighted by Gasteiger charge is 2.40. The third-order valence-corrected chi connectivity index (χ3v) is 31.2. The number of benzene rings is 18. The predicted octanol–water partition coefficient (Wildman–Crippen LogP) is 35.8. The van der Waals surface area contributed by atoms with Crippen LogP contribution in [0.4, 0.5) is 0 Å². The first-order valence-corrected chi connectivity index (χ1v) is 49.1. The van der Waals surface area contributed by atoms with Crippen LogP contribution in [0, 0.1) is 22.7 Å². The van der Waals surface area contributed by atoms with Gasteiger partial charge in [-0.3, -0.25) is 4.98 Å². The Bertz CT molecular complexity index is 10600. The zero-order valence-electron chi connectivity index (χ0n) is 79.6. The second-order valence-electron chi connectivity index (χ2n) is 40.2. The van der Waals surface area contributed by atoms with E-state index >= 15 is 0 Å². The van der Waals surface area contributed by atoms with Crippen LogP contribution in [0.1, 0.15) is 86.1 Å². The van der Waals surface area contributed by atoms with Crippen molar-refractivity contribution in [1.82, 2.24) is 19.9 Å². The molecule has 0 amide bonds. The molecule has 0 N–H and O–H groups in total. The van der Waals surface area contributed by atoms with Crippen molar-refractivity contribution in [2.75, 3.05) is 0 Å². The monoisotopic (exact) mass is 1860 g/mol. The molecule has 0 aliphatic heterocycles. The van der Waals surface area contributed by atoms with Crippen LogP contribution in [0.2, 0.25) is 0 Å². The average molecular weight is 1860 g/mol. The molecular weight excluding hydrogens is 1780 g/mol. The van der Waals surface area contributed by atoms with Crippen molar-refractivity contribution < 1.29 is 26.5 Å². The maximum absolute atomic E-state index is 9.56. The Labute approximate surface area is 830 Å². The number of furan rings is 6. The number of rotatable bonds is 7. The van der Waals surface area contributed by atoms with Crippen molar-refractivity contribution in [3.63, 3.8) is 0 Å². The van der Waals surface area contributed by atoms with Gasteiger partial charge in [0.05, 0.1) is 56.5 Å². The molecule has 3 aliphatic rings. The molecule has 0 radical (unpaired) electrons. The number of nitriles is 2. The molecule has 0 bridgehead atoms. The molecule has 680 valence electrons. The van der Waals surface area contributed by atoms with Crippen molar-refractivity contribution in [3.05, 3.63) is 433 Å². The van der Waals surface area contributed by atoms with Crippen LogP contribution in [-0.2, 0) is 16.2 Å². The molecule has 31 rings (SSSR count). The summed E-state index contributed by atoms with van der Waals surface area (Å²) in [6, 6.07) is 136. The molecule has 12 heteroatoms. The second-order valence-corrected chi connectivity index (χ2v) is 40.2. The lowest BCUT2D eigenvalue weighted by Gasteiger charge is -2.22. The number of hydrogen-bond acceptors (Lipinski definition) is 12. The summed E-state index contributed by atoms with van der Waals surface area (Å²) in [6.45, 7) is 13.7. The van der Waals surface area contributed by atoms with E-state index < -0.39 is 0 Å². The van der Waals surface area contributed by atoms with Gasteiger partial charge in [0.15, 0.2) is 16.7 Å². The van der Waals surface area contributed by atoms with Gasteiger partial charge in [0, 0.05) is 110 Å². The van der Waals surface area contributed by atoms with Crippen LogP contribution in [0.25, 0.3) is 276 Å². The minimum Gasteiger partial charge on any atom is -0.455 e. The van der Waals surface area contributed by atoms with Crippen LogP contribution >= 0.6 is 0 Å². The number of aromatic nitrogens is 4. The van der Waals surface area contributed by atoms with E-state index in [4.69, 9.17) is 41.5 Å². The zero-order chi connectivity index (χ0) is 96.7. The molecule has 0 spiro atoms. The summed E-state index contributed by atoms with van der Waals surface area (Å²) in [5, 5.41) is 34.4. The second kappa shape index (κ2) is 31.1. The third kappa shape index (κ3) is 12.5. The van der Waals surface area contributed by atoms with E-state index in [-0.39, 0.29) is 16.2 Å². The number of pyridine rings is 4. The Morgan fingerprint density at radius 3 is 0.814 bits per heavy atom. The van der Waals surface area contributed by atoms with Gasteiger partial charge < -0.3 is 26.5 Å². The molecule has 18 aromatic carbocycles.